The molecule has 7 heteroatoms. The lowest BCUT2D eigenvalue weighted by molar-refractivity contribution is 0.0952. The van der Waals surface area contributed by atoms with E-state index in [0.29, 0.717) is 22.3 Å². The van der Waals surface area contributed by atoms with Gasteiger partial charge in [0.2, 0.25) is 9.97 Å². The Bertz CT molecular complexity index is 749. The maximum Gasteiger partial charge on any atom is 0.282 e. The molecule has 0 radical (unpaired) electrons. The number of carbonyl (C=O) groups excluding carboxylic acids is 1. The molecule has 6 nitrogen and oxygen atoms in total. The summed E-state index contributed by atoms with van der Waals surface area (Å²) >= 11 is 1.25. The Balaban J connectivity index is 1.52. The molecule has 1 aromatic carbocycles. The third-order valence-corrected chi connectivity index (χ3v) is 4.01. The molecular formula is C14H15N5OS. The van der Waals surface area contributed by atoms with E-state index in [1.807, 2.05) is 18.2 Å². The Hall–Kier alpha value is -2.28. The molecule has 108 valence electrons. The lowest BCUT2D eigenvalue weighted by Gasteiger charge is -2.03. The highest BCUT2D eigenvalue weighted by molar-refractivity contribution is 7.18. The maximum absolute atomic E-state index is 12.0. The number of amides is 1. The van der Waals surface area contributed by atoms with Crippen LogP contribution in [0.3, 0.4) is 0 Å². The molecule has 0 saturated heterocycles. The van der Waals surface area contributed by atoms with E-state index in [1.54, 1.807) is 11.4 Å². The SMILES string of the molecule is Cc1nnc2sc(C(=O)NCCCc3ccccc3)nn12. The van der Waals surface area contributed by atoms with Gasteiger partial charge in [0.25, 0.3) is 5.91 Å². The Morgan fingerprint density at radius 2 is 2.10 bits per heavy atom. The van der Waals surface area contributed by atoms with E-state index in [1.165, 1.54) is 16.9 Å². The molecular weight excluding hydrogens is 286 g/mol. The molecule has 0 spiro atoms. The van der Waals surface area contributed by atoms with Crippen LogP contribution < -0.4 is 5.32 Å². The molecule has 2 aromatic heterocycles. The van der Waals surface area contributed by atoms with Gasteiger partial charge in [-0.2, -0.15) is 4.52 Å². The van der Waals surface area contributed by atoms with Crippen molar-refractivity contribution in [3.8, 4) is 0 Å². The summed E-state index contributed by atoms with van der Waals surface area (Å²) in [5.74, 6) is 0.530. The van der Waals surface area contributed by atoms with Gasteiger partial charge >= 0.3 is 0 Å². The molecule has 0 aliphatic heterocycles. The average Bonchev–Trinajstić information content (AvgIpc) is 3.07. The van der Waals surface area contributed by atoms with Crippen LogP contribution in [-0.4, -0.2) is 32.3 Å². The van der Waals surface area contributed by atoms with E-state index in [9.17, 15) is 4.79 Å². The lowest BCUT2D eigenvalue weighted by Crippen LogP contribution is -2.24. The van der Waals surface area contributed by atoms with Gasteiger partial charge in [-0.05, 0) is 25.3 Å². The molecule has 1 N–H and O–H groups in total. The molecule has 0 atom stereocenters. The number of rotatable bonds is 5. The normalized spacial score (nSPS) is 10.9. The van der Waals surface area contributed by atoms with Gasteiger partial charge in [0.15, 0.2) is 5.82 Å². The first-order valence-electron chi connectivity index (χ1n) is 6.75. The lowest BCUT2D eigenvalue weighted by atomic mass is 10.1. The molecule has 0 saturated carbocycles. The highest BCUT2D eigenvalue weighted by atomic mass is 32.1. The third kappa shape index (κ3) is 3.08. The van der Waals surface area contributed by atoms with Crippen molar-refractivity contribution in [1.82, 2.24) is 25.1 Å². The van der Waals surface area contributed by atoms with Crippen molar-refractivity contribution in [2.24, 2.45) is 0 Å². The number of nitrogens with one attached hydrogen (secondary N) is 1. The van der Waals surface area contributed by atoms with Gasteiger partial charge in [-0.1, -0.05) is 41.7 Å². The monoisotopic (exact) mass is 301 g/mol. The van der Waals surface area contributed by atoms with Crippen LogP contribution in [0, 0.1) is 6.92 Å². The van der Waals surface area contributed by atoms with Crippen LogP contribution >= 0.6 is 11.3 Å². The maximum atomic E-state index is 12.0. The van der Waals surface area contributed by atoms with Crippen molar-refractivity contribution >= 4 is 22.2 Å². The zero-order valence-corrected chi connectivity index (χ0v) is 12.4. The van der Waals surface area contributed by atoms with Gasteiger partial charge in [0.05, 0.1) is 0 Å². The molecule has 1 amide bonds. The van der Waals surface area contributed by atoms with Crippen LogP contribution in [0.5, 0.6) is 0 Å². The van der Waals surface area contributed by atoms with E-state index in [4.69, 9.17) is 0 Å². The largest absolute Gasteiger partial charge is 0.350 e. The summed E-state index contributed by atoms with van der Waals surface area (Å²) in [6, 6.07) is 10.2. The number of hydrogen-bond donors (Lipinski definition) is 1. The summed E-state index contributed by atoms with van der Waals surface area (Å²) in [7, 11) is 0. The Morgan fingerprint density at radius 3 is 2.86 bits per heavy atom. The van der Waals surface area contributed by atoms with Crippen molar-refractivity contribution in [2.75, 3.05) is 6.54 Å². The van der Waals surface area contributed by atoms with E-state index in [2.05, 4.69) is 32.7 Å². The molecule has 0 fully saturated rings. The zero-order chi connectivity index (χ0) is 14.7. The molecule has 3 rings (SSSR count). The summed E-state index contributed by atoms with van der Waals surface area (Å²) in [5.41, 5.74) is 1.28. The Morgan fingerprint density at radius 1 is 1.29 bits per heavy atom. The smallest absolute Gasteiger partial charge is 0.282 e. The van der Waals surface area contributed by atoms with Gasteiger partial charge in [-0.15, -0.1) is 15.3 Å². The first-order chi connectivity index (χ1) is 10.2. The highest BCUT2D eigenvalue weighted by Gasteiger charge is 2.14. The summed E-state index contributed by atoms with van der Waals surface area (Å²) in [6.07, 6.45) is 1.85. The number of carbonyl (C=O) groups is 1. The Labute approximate surface area is 125 Å². The summed E-state index contributed by atoms with van der Waals surface area (Å²) in [5, 5.41) is 15.4. The average molecular weight is 301 g/mol. The predicted octanol–water partition coefficient (Wildman–Crippen LogP) is 1.86. The second-order valence-corrected chi connectivity index (χ2v) is 5.65. The standard InChI is InChI=1S/C14H15N5OS/c1-10-16-17-14-19(10)18-13(21-14)12(20)15-9-5-8-11-6-3-2-4-7-11/h2-4,6-7H,5,8-9H2,1H3,(H,15,20). The zero-order valence-electron chi connectivity index (χ0n) is 11.6. The van der Waals surface area contributed by atoms with Crippen molar-refractivity contribution < 1.29 is 4.79 Å². The van der Waals surface area contributed by atoms with Crippen LogP contribution in [0.1, 0.15) is 27.6 Å². The molecule has 0 aliphatic rings. The third-order valence-electron chi connectivity index (χ3n) is 3.11. The quantitative estimate of drug-likeness (QED) is 0.730. The summed E-state index contributed by atoms with van der Waals surface area (Å²) in [6.45, 7) is 2.44. The molecule has 0 aliphatic carbocycles. The fraction of sp³-hybridized carbons (Fsp3) is 0.286. The summed E-state index contributed by atoms with van der Waals surface area (Å²) < 4.78 is 1.59. The minimum atomic E-state index is -0.155. The van der Waals surface area contributed by atoms with Gasteiger partial charge in [-0.25, -0.2) is 0 Å². The minimum absolute atomic E-state index is 0.155. The topological polar surface area (TPSA) is 72.2 Å². The van der Waals surface area contributed by atoms with Crippen LogP contribution in [0.2, 0.25) is 0 Å². The number of aromatic nitrogens is 4. The van der Waals surface area contributed by atoms with Crippen LogP contribution in [0.4, 0.5) is 0 Å². The fourth-order valence-corrected chi connectivity index (χ4v) is 2.82. The number of fused-ring (bicyclic) bond motifs is 1. The molecule has 21 heavy (non-hydrogen) atoms. The van der Waals surface area contributed by atoms with Crippen LogP contribution in [0.25, 0.3) is 4.96 Å². The summed E-state index contributed by atoms with van der Waals surface area (Å²) in [4.78, 5) is 12.7. The number of nitrogens with zero attached hydrogens (tertiary/aromatic N) is 4. The second kappa shape index (κ2) is 6.01. The van der Waals surface area contributed by atoms with Gasteiger partial charge in [0, 0.05) is 6.54 Å². The van der Waals surface area contributed by atoms with E-state index in [0.717, 1.165) is 12.8 Å². The second-order valence-electron chi connectivity index (χ2n) is 4.69. The van der Waals surface area contributed by atoms with Gasteiger partial charge in [0.1, 0.15) is 0 Å². The van der Waals surface area contributed by atoms with E-state index < -0.39 is 0 Å². The first kappa shape index (κ1) is 13.7. The number of benzene rings is 1. The highest BCUT2D eigenvalue weighted by Crippen LogP contribution is 2.13. The van der Waals surface area contributed by atoms with Crippen LogP contribution in [-0.2, 0) is 6.42 Å². The van der Waals surface area contributed by atoms with E-state index in [-0.39, 0.29) is 5.91 Å². The molecule has 2 heterocycles. The first-order valence-corrected chi connectivity index (χ1v) is 7.56. The number of hydrogen-bond acceptors (Lipinski definition) is 5. The Kier molecular flexibility index (Phi) is 3.92. The number of aryl methyl sites for hydroxylation is 2. The molecule has 0 unspecified atom stereocenters. The van der Waals surface area contributed by atoms with Gasteiger partial charge in [-0.3, -0.25) is 4.79 Å². The van der Waals surface area contributed by atoms with E-state index >= 15 is 0 Å². The van der Waals surface area contributed by atoms with Crippen molar-refractivity contribution in [1.29, 1.82) is 0 Å². The van der Waals surface area contributed by atoms with Gasteiger partial charge < -0.3 is 5.32 Å². The van der Waals surface area contributed by atoms with Crippen LogP contribution in [0.15, 0.2) is 30.3 Å². The molecule has 3 aromatic rings. The van der Waals surface area contributed by atoms with Crippen molar-refractivity contribution in [2.45, 2.75) is 19.8 Å². The van der Waals surface area contributed by atoms with Crippen molar-refractivity contribution in [3.63, 3.8) is 0 Å². The fourth-order valence-electron chi connectivity index (χ4n) is 2.02. The molecule has 0 bridgehead atoms. The van der Waals surface area contributed by atoms with Crippen molar-refractivity contribution in [3.05, 3.63) is 46.7 Å². The predicted molar refractivity (Wildman–Crippen MR) is 80.5 cm³/mol. The minimum Gasteiger partial charge on any atom is -0.350 e.